The monoisotopic (exact) mass is 307 g/mol. The minimum atomic E-state index is -0.304. The van der Waals surface area contributed by atoms with Crippen LogP contribution < -0.4 is 5.32 Å². The van der Waals surface area contributed by atoms with E-state index in [1.54, 1.807) is 6.08 Å². The van der Waals surface area contributed by atoms with Crippen molar-refractivity contribution in [3.05, 3.63) is 27.5 Å². The van der Waals surface area contributed by atoms with Crippen molar-refractivity contribution in [3.8, 4) is 0 Å². The molecule has 1 aliphatic carbocycles. The SMILES string of the molecule is CCCCNC(=O)/C=C1\CCCc2sc(C(=O)OC)cc21. The molecule has 0 aliphatic heterocycles. The lowest BCUT2D eigenvalue weighted by atomic mass is 9.93. The van der Waals surface area contributed by atoms with Gasteiger partial charge in [-0.25, -0.2) is 4.79 Å². The van der Waals surface area contributed by atoms with Crippen LogP contribution in [0.5, 0.6) is 0 Å². The van der Waals surface area contributed by atoms with E-state index in [0.29, 0.717) is 11.4 Å². The molecule has 0 radical (unpaired) electrons. The Hall–Kier alpha value is -1.62. The van der Waals surface area contributed by atoms with Gasteiger partial charge in [-0.1, -0.05) is 13.3 Å². The molecule has 0 fully saturated rings. The van der Waals surface area contributed by atoms with Crippen LogP contribution in [0.1, 0.15) is 52.7 Å². The molecule has 1 amide bonds. The third-order valence-electron chi connectivity index (χ3n) is 3.53. The van der Waals surface area contributed by atoms with Gasteiger partial charge in [-0.3, -0.25) is 4.79 Å². The third-order valence-corrected chi connectivity index (χ3v) is 4.70. The fourth-order valence-corrected chi connectivity index (χ4v) is 3.56. The molecule has 1 aromatic heterocycles. The van der Waals surface area contributed by atoms with Crippen LogP contribution in [0.2, 0.25) is 0 Å². The van der Waals surface area contributed by atoms with Crippen LogP contribution in [0.25, 0.3) is 5.57 Å². The second kappa shape index (κ2) is 7.41. The van der Waals surface area contributed by atoms with Crippen LogP contribution in [0, 0.1) is 0 Å². The number of unbranched alkanes of at least 4 members (excludes halogenated alkanes) is 1. The van der Waals surface area contributed by atoms with Gasteiger partial charge < -0.3 is 10.1 Å². The van der Waals surface area contributed by atoms with Crippen molar-refractivity contribution in [3.63, 3.8) is 0 Å². The van der Waals surface area contributed by atoms with Crippen LogP contribution in [0.15, 0.2) is 12.1 Å². The maximum atomic E-state index is 11.9. The normalized spacial score (nSPS) is 15.6. The lowest BCUT2D eigenvalue weighted by Gasteiger charge is -2.14. The molecular weight excluding hydrogens is 286 g/mol. The topological polar surface area (TPSA) is 55.4 Å². The highest BCUT2D eigenvalue weighted by molar-refractivity contribution is 7.14. The number of hydrogen-bond donors (Lipinski definition) is 1. The van der Waals surface area contributed by atoms with Gasteiger partial charge in [0.2, 0.25) is 5.91 Å². The van der Waals surface area contributed by atoms with Gasteiger partial charge in [-0.2, -0.15) is 0 Å². The fraction of sp³-hybridized carbons (Fsp3) is 0.500. The summed E-state index contributed by atoms with van der Waals surface area (Å²) in [4.78, 5) is 25.3. The summed E-state index contributed by atoms with van der Waals surface area (Å²) in [5.41, 5.74) is 2.06. The first-order valence-electron chi connectivity index (χ1n) is 7.35. The Labute approximate surface area is 129 Å². The smallest absolute Gasteiger partial charge is 0.348 e. The highest BCUT2D eigenvalue weighted by atomic mass is 32.1. The van der Waals surface area contributed by atoms with Crippen molar-refractivity contribution >= 4 is 28.8 Å². The van der Waals surface area contributed by atoms with Crippen LogP contribution in [-0.4, -0.2) is 25.5 Å². The zero-order valence-corrected chi connectivity index (χ0v) is 13.3. The molecule has 0 saturated heterocycles. The molecular formula is C16H21NO3S. The summed E-state index contributed by atoms with van der Waals surface area (Å²) in [7, 11) is 1.39. The van der Waals surface area contributed by atoms with E-state index >= 15 is 0 Å². The third kappa shape index (κ3) is 3.94. The number of methoxy groups -OCH3 is 1. The second-order valence-corrected chi connectivity index (χ2v) is 6.24. The van der Waals surface area contributed by atoms with Gasteiger partial charge in [0.05, 0.1) is 7.11 Å². The van der Waals surface area contributed by atoms with Crippen LogP contribution in [-0.2, 0) is 16.0 Å². The molecule has 1 heterocycles. The summed E-state index contributed by atoms with van der Waals surface area (Å²) >= 11 is 1.47. The van der Waals surface area contributed by atoms with Crippen molar-refractivity contribution in [2.45, 2.75) is 39.0 Å². The average molecular weight is 307 g/mol. The molecule has 0 bridgehead atoms. The van der Waals surface area contributed by atoms with E-state index < -0.39 is 0 Å². The Kier molecular flexibility index (Phi) is 5.56. The average Bonchev–Trinajstić information content (AvgIpc) is 2.92. The number of thiophene rings is 1. The molecule has 4 nitrogen and oxygen atoms in total. The predicted molar refractivity (Wildman–Crippen MR) is 84.5 cm³/mol. The van der Waals surface area contributed by atoms with Crippen LogP contribution in [0.4, 0.5) is 0 Å². The zero-order chi connectivity index (χ0) is 15.2. The van der Waals surface area contributed by atoms with Crippen LogP contribution in [0.3, 0.4) is 0 Å². The maximum absolute atomic E-state index is 11.9. The molecule has 114 valence electrons. The molecule has 0 aromatic carbocycles. The number of ether oxygens (including phenoxy) is 1. The summed E-state index contributed by atoms with van der Waals surface area (Å²) in [6, 6.07) is 1.86. The number of carbonyl (C=O) groups is 2. The van der Waals surface area contributed by atoms with Crippen molar-refractivity contribution in [1.29, 1.82) is 0 Å². The van der Waals surface area contributed by atoms with Crippen molar-refractivity contribution in [1.82, 2.24) is 5.32 Å². The van der Waals surface area contributed by atoms with E-state index in [0.717, 1.165) is 43.2 Å². The number of esters is 1. The maximum Gasteiger partial charge on any atom is 0.348 e. The summed E-state index contributed by atoms with van der Waals surface area (Å²) in [6.45, 7) is 2.81. The summed E-state index contributed by atoms with van der Waals surface area (Å²) in [6.07, 6.45) is 6.60. The van der Waals surface area contributed by atoms with E-state index in [1.807, 2.05) is 6.07 Å². The van der Waals surface area contributed by atoms with Crippen LogP contribution >= 0.6 is 11.3 Å². The van der Waals surface area contributed by atoms with Gasteiger partial charge >= 0.3 is 5.97 Å². The number of rotatable bonds is 5. The first-order chi connectivity index (χ1) is 10.2. The number of allylic oxidation sites excluding steroid dienone is 1. The number of aryl methyl sites for hydroxylation is 1. The van der Waals surface area contributed by atoms with Crippen molar-refractivity contribution in [2.75, 3.05) is 13.7 Å². The fourth-order valence-electron chi connectivity index (χ4n) is 2.41. The standard InChI is InChI=1S/C16H21NO3S/c1-3-4-8-17-15(18)9-11-6-5-7-13-12(11)10-14(21-13)16(19)20-2/h9-10H,3-8H2,1-2H3,(H,17,18)/b11-9+. The molecule has 0 saturated carbocycles. The first-order valence-corrected chi connectivity index (χ1v) is 8.17. The number of amides is 1. The molecule has 0 atom stereocenters. The molecule has 2 rings (SSSR count). The minimum Gasteiger partial charge on any atom is -0.465 e. The number of fused-ring (bicyclic) bond motifs is 1. The molecule has 5 heteroatoms. The lowest BCUT2D eigenvalue weighted by molar-refractivity contribution is -0.116. The zero-order valence-electron chi connectivity index (χ0n) is 12.5. The quantitative estimate of drug-likeness (QED) is 0.516. The molecule has 1 N–H and O–H groups in total. The van der Waals surface area contributed by atoms with Crippen molar-refractivity contribution < 1.29 is 14.3 Å². The number of carbonyl (C=O) groups excluding carboxylic acids is 2. The van der Waals surface area contributed by atoms with Gasteiger partial charge in [0.1, 0.15) is 4.88 Å². The van der Waals surface area contributed by atoms with Gasteiger partial charge in [-0.05, 0) is 42.9 Å². The molecule has 0 unspecified atom stereocenters. The Morgan fingerprint density at radius 2 is 2.24 bits per heavy atom. The predicted octanol–water partition coefficient (Wildman–Crippen LogP) is 3.17. The second-order valence-electron chi connectivity index (χ2n) is 5.11. The van der Waals surface area contributed by atoms with E-state index in [9.17, 15) is 9.59 Å². The lowest BCUT2D eigenvalue weighted by Crippen LogP contribution is -2.22. The molecule has 0 spiro atoms. The Balaban J connectivity index is 2.15. The highest BCUT2D eigenvalue weighted by Crippen LogP contribution is 2.36. The van der Waals surface area contributed by atoms with E-state index in [-0.39, 0.29) is 11.9 Å². The summed E-state index contributed by atoms with van der Waals surface area (Å²) in [5.74, 6) is -0.349. The largest absolute Gasteiger partial charge is 0.465 e. The first kappa shape index (κ1) is 15.8. The molecule has 1 aromatic rings. The van der Waals surface area contributed by atoms with Crippen molar-refractivity contribution in [2.24, 2.45) is 0 Å². The minimum absolute atomic E-state index is 0.0443. The van der Waals surface area contributed by atoms with E-state index in [4.69, 9.17) is 4.74 Å². The Morgan fingerprint density at radius 1 is 1.43 bits per heavy atom. The van der Waals surface area contributed by atoms with Gasteiger partial charge in [0.25, 0.3) is 0 Å². The number of nitrogens with one attached hydrogen (secondary N) is 1. The van der Waals surface area contributed by atoms with Gasteiger partial charge in [-0.15, -0.1) is 11.3 Å². The highest BCUT2D eigenvalue weighted by Gasteiger charge is 2.21. The number of hydrogen-bond acceptors (Lipinski definition) is 4. The summed E-state index contributed by atoms with van der Waals surface area (Å²) in [5, 5.41) is 2.90. The van der Waals surface area contributed by atoms with Gasteiger partial charge in [0.15, 0.2) is 0 Å². The molecule has 21 heavy (non-hydrogen) atoms. The van der Waals surface area contributed by atoms with E-state index in [1.165, 1.54) is 23.3 Å². The molecule has 1 aliphatic rings. The Morgan fingerprint density at radius 3 is 2.95 bits per heavy atom. The summed E-state index contributed by atoms with van der Waals surface area (Å²) < 4.78 is 4.77. The van der Waals surface area contributed by atoms with Gasteiger partial charge in [0, 0.05) is 17.5 Å². The Bertz CT molecular complexity index is 560. The van der Waals surface area contributed by atoms with E-state index in [2.05, 4.69) is 12.2 Å².